The molecule has 1 unspecified atom stereocenters. The summed E-state index contributed by atoms with van der Waals surface area (Å²) in [7, 11) is 0. The molecule has 1 aliphatic heterocycles. The second-order valence-electron chi connectivity index (χ2n) is 4.16. The van der Waals surface area contributed by atoms with Gasteiger partial charge in [0.1, 0.15) is 0 Å². The molecule has 0 aromatic rings. The maximum Gasteiger partial charge on any atom is 0.00791 e. The summed E-state index contributed by atoms with van der Waals surface area (Å²) in [4.78, 5) is 0. The summed E-state index contributed by atoms with van der Waals surface area (Å²) >= 11 is 0. The molecule has 12 heavy (non-hydrogen) atoms. The fraction of sp³-hybridized carbons (Fsp3) is 1.00. The predicted octanol–water partition coefficient (Wildman–Crippen LogP) is 1.27. The van der Waals surface area contributed by atoms with Crippen molar-refractivity contribution in [2.24, 2.45) is 0 Å². The van der Waals surface area contributed by atoms with Crippen LogP contribution in [0.25, 0.3) is 0 Å². The van der Waals surface area contributed by atoms with Gasteiger partial charge in [-0.1, -0.05) is 6.42 Å². The average molecular weight is 168 g/mol. The minimum absolute atomic E-state index is 0.810. The minimum Gasteiger partial charge on any atom is -0.314 e. The molecular formula is C10H20N2. The van der Waals surface area contributed by atoms with Crippen LogP contribution in [0.4, 0.5) is 0 Å². The first-order valence-corrected chi connectivity index (χ1v) is 5.42. The lowest BCUT2D eigenvalue weighted by molar-refractivity contribution is 0.376. The molecular weight excluding hydrogens is 148 g/mol. The summed E-state index contributed by atoms with van der Waals surface area (Å²) in [5.74, 6) is 0. The van der Waals surface area contributed by atoms with Gasteiger partial charge in [-0.3, -0.25) is 0 Å². The van der Waals surface area contributed by atoms with Crippen molar-refractivity contribution in [3.63, 3.8) is 0 Å². The lowest BCUT2D eigenvalue weighted by Crippen LogP contribution is -2.36. The Morgan fingerprint density at radius 3 is 2.75 bits per heavy atom. The van der Waals surface area contributed by atoms with Gasteiger partial charge < -0.3 is 10.6 Å². The molecule has 2 fully saturated rings. The Balaban J connectivity index is 1.52. The van der Waals surface area contributed by atoms with Crippen molar-refractivity contribution >= 4 is 0 Å². The standard InChI is InChI=1S/C10H20N2/c1-2-7-11-9(3-1)6-8-12-10-4-5-10/h9-12H,1-8H2. The number of nitrogens with one attached hydrogen (secondary N) is 2. The van der Waals surface area contributed by atoms with Gasteiger partial charge in [0.2, 0.25) is 0 Å². The fourth-order valence-corrected chi connectivity index (χ4v) is 1.92. The minimum atomic E-state index is 0.810. The summed E-state index contributed by atoms with van der Waals surface area (Å²) in [5, 5.41) is 7.14. The zero-order valence-corrected chi connectivity index (χ0v) is 7.81. The van der Waals surface area contributed by atoms with Gasteiger partial charge in [-0.15, -0.1) is 0 Å². The highest BCUT2D eigenvalue weighted by atomic mass is 15.0. The maximum atomic E-state index is 3.57. The molecule has 1 aliphatic carbocycles. The Morgan fingerprint density at radius 2 is 2.08 bits per heavy atom. The van der Waals surface area contributed by atoms with E-state index < -0.39 is 0 Å². The van der Waals surface area contributed by atoms with Crippen LogP contribution < -0.4 is 10.6 Å². The highest BCUT2D eigenvalue weighted by molar-refractivity contribution is 4.82. The second kappa shape index (κ2) is 4.24. The van der Waals surface area contributed by atoms with Crippen LogP contribution in [0.5, 0.6) is 0 Å². The molecule has 1 saturated heterocycles. The fourth-order valence-electron chi connectivity index (χ4n) is 1.92. The Bertz CT molecular complexity index is 126. The maximum absolute atomic E-state index is 3.57. The van der Waals surface area contributed by atoms with Gasteiger partial charge in [-0.05, 0) is 45.2 Å². The molecule has 1 atom stereocenters. The van der Waals surface area contributed by atoms with E-state index in [2.05, 4.69) is 10.6 Å². The zero-order chi connectivity index (χ0) is 8.23. The van der Waals surface area contributed by atoms with Crippen LogP contribution in [0, 0.1) is 0 Å². The van der Waals surface area contributed by atoms with Crippen LogP contribution in [-0.4, -0.2) is 25.2 Å². The van der Waals surface area contributed by atoms with Crippen LogP contribution in [0.2, 0.25) is 0 Å². The first kappa shape index (κ1) is 8.52. The quantitative estimate of drug-likeness (QED) is 0.660. The largest absolute Gasteiger partial charge is 0.314 e. The molecule has 2 rings (SSSR count). The normalized spacial score (nSPS) is 30.5. The molecule has 2 aliphatic rings. The van der Waals surface area contributed by atoms with Crippen molar-refractivity contribution in [3.05, 3.63) is 0 Å². The van der Waals surface area contributed by atoms with Crippen molar-refractivity contribution < 1.29 is 0 Å². The van der Waals surface area contributed by atoms with Gasteiger partial charge in [0.15, 0.2) is 0 Å². The van der Waals surface area contributed by atoms with Gasteiger partial charge >= 0.3 is 0 Å². The second-order valence-corrected chi connectivity index (χ2v) is 4.16. The van der Waals surface area contributed by atoms with Crippen LogP contribution in [-0.2, 0) is 0 Å². The Morgan fingerprint density at radius 1 is 1.17 bits per heavy atom. The molecule has 0 bridgehead atoms. The first-order chi connectivity index (χ1) is 5.95. The highest BCUT2D eigenvalue weighted by Crippen LogP contribution is 2.18. The molecule has 1 saturated carbocycles. The van der Waals surface area contributed by atoms with Crippen LogP contribution in [0.15, 0.2) is 0 Å². The van der Waals surface area contributed by atoms with E-state index >= 15 is 0 Å². The predicted molar refractivity (Wildman–Crippen MR) is 51.3 cm³/mol. The molecule has 2 nitrogen and oxygen atoms in total. The topological polar surface area (TPSA) is 24.1 Å². The smallest absolute Gasteiger partial charge is 0.00791 e. The number of hydrogen-bond donors (Lipinski definition) is 2. The van der Waals surface area contributed by atoms with E-state index in [4.69, 9.17) is 0 Å². The van der Waals surface area contributed by atoms with Crippen molar-refractivity contribution in [1.29, 1.82) is 0 Å². The van der Waals surface area contributed by atoms with E-state index in [1.165, 1.54) is 51.6 Å². The molecule has 2 N–H and O–H groups in total. The van der Waals surface area contributed by atoms with Crippen molar-refractivity contribution in [2.75, 3.05) is 13.1 Å². The third-order valence-corrected chi connectivity index (χ3v) is 2.92. The Labute approximate surface area is 75.1 Å². The summed E-state index contributed by atoms with van der Waals surface area (Å²) in [6, 6.07) is 1.69. The van der Waals surface area contributed by atoms with Gasteiger partial charge in [0.05, 0.1) is 0 Å². The summed E-state index contributed by atoms with van der Waals surface area (Å²) < 4.78 is 0. The molecule has 0 amide bonds. The highest BCUT2D eigenvalue weighted by Gasteiger charge is 2.20. The van der Waals surface area contributed by atoms with E-state index in [-0.39, 0.29) is 0 Å². The van der Waals surface area contributed by atoms with Crippen LogP contribution in [0.1, 0.15) is 38.5 Å². The third kappa shape index (κ3) is 2.76. The third-order valence-electron chi connectivity index (χ3n) is 2.92. The molecule has 0 spiro atoms. The Hall–Kier alpha value is -0.0800. The van der Waals surface area contributed by atoms with Gasteiger partial charge in [0, 0.05) is 12.1 Å². The molecule has 70 valence electrons. The Kier molecular flexibility index (Phi) is 3.01. The van der Waals surface area contributed by atoms with Gasteiger partial charge in [0.25, 0.3) is 0 Å². The number of rotatable bonds is 4. The molecule has 0 aromatic carbocycles. The van der Waals surface area contributed by atoms with E-state index in [1.807, 2.05) is 0 Å². The van der Waals surface area contributed by atoms with Crippen molar-refractivity contribution in [1.82, 2.24) is 10.6 Å². The summed E-state index contributed by atoms with van der Waals surface area (Å²) in [6.45, 7) is 2.47. The number of hydrogen-bond acceptors (Lipinski definition) is 2. The number of piperidine rings is 1. The van der Waals surface area contributed by atoms with E-state index in [0.717, 1.165) is 12.1 Å². The average Bonchev–Trinajstić information content (AvgIpc) is 2.90. The molecule has 2 heteroatoms. The summed E-state index contributed by atoms with van der Waals surface area (Å²) in [5.41, 5.74) is 0. The zero-order valence-electron chi connectivity index (χ0n) is 7.81. The van der Waals surface area contributed by atoms with Crippen LogP contribution >= 0.6 is 0 Å². The van der Waals surface area contributed by atoms with Gasteiger partial charge in [-0.25, -0.2) is 0 Å². The lowest BCUT2D eigenvalue weighted by Gasteiger charge is -2.23. The molecule has 0 radical (unpaired) electrons. The monoisotopic (exact) mass is 168 g/mol. The van der Waals surface area contributed by atoms with E-state index in [0.29, 0.717) is 0 Å². The van der Waals surface area contributed by atoms with Gasteiger partial charge in [-0.2, -0.15) is 0 Å². The SMILES string of the molecule is C1CCC(CCNC2CC2)NC1. The molecule has 1 heterocycles. The van der Waals surface area contributed by atoms with Crippen molar-refractivity contribution in [3.8, 4) is 0 Å². The molecule has 0 aromatic heterocycles. The first-order valence-electron chi connectivity index (χ1n) is 5.42. The van der Waals surface area contributed by atoms with E-state index in [1.54, 1.807) is 0 Å². The lowest BCUT2D eigenvalue weighted by atomic mass is 10.0. The van der Waals surface area contributed by atoms with Crippen molar-refractivity contribution in [2.45, 2.75) is 50.6 Å². The van der Waals surface area contributed by atoms with E-state index in [9.17, 15) is 0 Å². The summed E-state index contributed by atoms with van der Waals surface area (Å²) in [6.07, 6.45) is 8.37. The van der Waals surface area contributed by atoms with Crippen LogP contribution in [0.3, 0.4) is 0 Å².